The third-order valence-electron chi connectivity index (χ3n) is 3.86. The third kappa shape index (κ3) is 3.09. The van der Waals surface area contributed by atoms with E-state index in [4.69, 9.17) is 16.3 Å². The molecular formula is C18H17ClFNO2. The summed E-state index contributed by atoms with van der Waals surface area (Å²) in [5, 5.41) is 0.0904. The molecule has 0 N–H and O–H groups in total. The van der Waals surface area contributed by atoms with Gasteiger partial charge in [0.1, 0.15) is 12.4 Å². The average Bonchev–Trinajstić information content (AvgIpc) is 2.67. The lowest BCUT2D eigenvalue weighted by molar-refractivity contribution is -0.123. The van der Waals surface area contributed by atoms with Crippen LogP contribution < -0.4 is 4.90 Å². The number of nitrogens with zero attached hydrogens (tertiary/aromatic N) is 1. The molecule has 2 aromatic rings. The van der Waals surface area contributed by atoms with Crippen LogP contribution >= 0.6 is 11.6 Å². The fourth-order valence-electron chi connectivity index (χ4n) is 2.81. The van der Waals surface area contributed by atoms with Crippen LogP contribution in [0.5, 0.6) is 0 Å². The quantitative estimate of drug-likeness (QED) is 0.814. The smallest absolute Gasteiger partial charge is 0.253 e. The molecule has 3 nitrogen and oxygen atoms in total. The molecule has 120 valence electrons. The van der Waals surface area contributed by atoms with Crippen molar-refractivity contribution in [3.05, 3.63) is 52.8 Å². The van der Waals surface area contributed by atoms with Gasteiger partial charge >= 0.3 is 0 Å². The Kier molecular flexibility index (Phi) is 4.37. The fraction of sp³-hybridized carbons (Fsp3) is 0.278. The first-order valence-corrected chi connectivity index (χ1v) is 7.83. The van der Waals surface area contributed by atoms with Crippen LogP contribution in [0.3, 0.4) is 0 Å². The van der Waals surface area contributed by atoms with E-state index >= 15 is 0 Å². The maximum Gasteiger partial charge on any atom is 0.253 e. The standard InChI is InChI=1S/C18H17ClFNO2/c1-11(2)21-17-6-4-12(7-14(17)9-23-10-18(21)22)13-3-5-16(20)15(19)8-13/h3-8,11H,9-10H2,1-2H3. The summed E-state index contributed by atoms with van der Waals surface area (Å²) in [5.41, 5.74) is 3.53. The molecule has 1 aliphatic rings. The lowest BCUT2D eigenvalue weighted by Gasteiger charge is -2.26. The number of benzene rings is 2. The zero-order valence-corrected chi connectivity index (χ0v) is 13.7. The third-order valence-corrected chi connectivity index (χ3v) is 4.15. The molecule has 0 saturated heterocycles. The van der Waals surface area contributed by atoms with E-state index in [1.807, 2.05) is 32.0 Å². The molecule has 0 bridgehead atoms. The molecule has 0 aromatic heterocycles. The maximum absolute atomic E-state index is 13.3. The van der Waals surface area contributed by atoms with Gasteiger partial charge in [0, 0.05) is 17.3 Å². The summed E-state index contributed by atoms with van der Waals surface area (Å²) in [4.78, 5) is 14.0. The Labute approximate surface area is 139 Å². The van der Waals surface area contributed by atoms with Crippen molar-refractivity contribution in [3.63, 3.8) is 0 Å². The Balaban J connectivity index is 2.06. The summed E-state index contributed by atoms with van der Waals surface area (Å²) in [7, 11) is 0. The lowest BCUT2D eigenvalue weighted by atomic mass is 10.0. The van der Waals surface area contributed by atoms with E-state index < -0.39 is 5.82 Å². The Morgan fingerprint density at radius 2 is 1.83 bits per heavy atom. The van der Waals surface area contributed by atoms with Gasteiger partial charge in [0.05, 0.1) is 11.6 Å². The molecule has 23 heavy (non-hydrogen) atoms. The molecule has 0 spiro atoms. The number of amides is 1. The number of fused-ring (bicyclic) bond motifs is 1. The predicted molar refractivity (Wildman–Crippen MR) is 89.1 cm³/mol. The summed E-state index contributed by atoms with van der Waals surface area (Å²) in [6, 6.07) is 10.5. The van der Waals surface area contributed by atoms with Gasteiger partial charge < -0.3 is 9.64 Å². The molecule has 0 saturated carbocycles. The van der Waals surface area contributed by atoms with Crippen LogP contribution in [-0.2, 0) is 16.1 Å². The highest BCUT2D eigenvalue weighted by atomic mass is 35.5. The van der Waals surface area contributed by atoms with Crippen LogP contribution in [0.25, 0.3) is 11.1 Å². The normalized spacial score (nSPS) is 14.8. The molecule has 0 radical (unpaired) electrons. The Morgan fingerprint density at radius 1 is 1.13 bits per heavy atom. The van der Waals surface area contributed by atoms with Gasteiger partial charge in [0.25, 0.3) is 5.91 Å². The number of halogens is 2. The Morgan fingerprint density at radius 3 is 2.52 bits per heavy atom. The highest BCUT2D eigenvalue weighted by molar-refractivity contribution is 6.31. The van der Waals surface area contributed by atoms with Crippen molar-refractivity contribution in [2.75, 3.05) is 11.5 Å². The molecule has 0 aliphatic carbocycles. The number of rotatable bonds is 2. The SMILES string of the molecule is CC(C)N1C(=O)COCc2cc(-c3ccc(F)c(Cl)c3)ccc21. The van der Waals surface area contributed by atoms with Gasteiger partial charge in [-0.3, -0.25) is 4.79 Å². The molecule has 0 atom stereocenters. The summed E-state index contributed by atoms with van der Waals surface area (Å²) in [6.45, 7) is 4.39. The molecule has 3 rings (SSSR count). The van der Waals surface area contributed by atoms with E-state index in [0.717, 1.165) is 22.4 Å². The van der Waals surface area contributed by atoms with E-state index in [-0.39, 0.29) is 23.6 Å². The first-order valence-electron chi connectivity index (χ1n) is 7.45. The topological polar surface area (TPSA) is 29.5 Å². The first-order chi connectivity index (χ1) is 11.0. The summed E-state index contributed by atoms with van der Waals surface area (Å²) in [5.74, 6) is -0.485. The molecule has 2 aromatic carbocycles. The molecular weight excluding hydrogens is 317 g/mol. The van der Waals surface area contributed by atoms with E-state index in [1.54, 1.807) is 17.0 Å². The van der Waals surface area contributed by atoms with Gasteiger partial charge in [-0.15, -0.1) is 0 Å². The second-order valence-electron chi connectivity index (χ2n) is 5.82. The van der Waals surface area contributed by atoms with Gasteiger partial charge in [-0.25, -0.2) is 4.39 Å². The predicted octanol–water partition coefficient (Wildman–Crippen LogP) is 4.42. The minimum Gasteiger partial charge on any atom is -0.367 e. The van der Waals surface area contributed by atoms with E-state index in [2.05, 4.69) is 0 Å². The number of carbonyl (C=O) groups is 1. The summed E-state index contributed by atoms with van der Waals surface area (Å²) >= 11 is 5.86. The summed E-state index contributed by atoms with van der Waals surface area (Å²) in [6.07, 6.45) is 0. The van der Waals surface area contributed by atoms with E-state index in [1.165, 1.54) is 6.07 Å². The minimum absolute atomic E-state index is 0.0451. The van der Waals surface area contributed by atoms with Crippen LogP contribution in [0.15, 0.2) is 36.4 Å². The highest BCUT2D eigenvalue weighted by Crippen LogP contribution is 2.32. The summed E-state index contributed by atoms with van der Waals surface area (Å²) < 4.78 is 18.8. The van der Waals surface area contributed by atoms with Crippen LogP contribution in [0.1, 0.15) is 19.4 Å². The maximum atomic E-state index is 13.3. The Hall–Kier alpha value is -1.91. The van der Waals surface area contributed by atoms with Crippen molar-refractivity contribution in [1.29, 1.82) is 0 Å². The van der Waals surface area contributed by atoms with Crippen molar-refractivity contribution in [2.45, 2.75) is 26.5 Å². The van der Waals surface area contributed by atoms with Crippen LogP contribution in [0, 0.1) is 5.82 Å². The molecule has 5 heteroatoms. The van der Waals surface area contributed by atoms with Gasteiger partial charge in [0.15, 0.2) is 0 Å². The van der Waals surface area contributed by atoms with Gasteiger partial charge in [-0.2, -0.15) is 0 Å². The monoisotopic (exact) mass is 333 g/mol. The highest BCUT2D eigenvalue weighted by Gasteiger charge is 2.25. The van der Waals surface area contributed by atoms with Gasteiger partial charge in [-0.1, -0.05) is 23.7 Å². The molecule has 0 fully saturated rings. The van der Waals surface area contributed by atoms with Crippen LogP contribution in [0.2, 0.25) is 5.02 Å². The van der Waals surface area contributed by atoms with E-state index in [0.29, 0.717) is 6.61 Å². The van der Waals surface area contributed by atoms with Crippen molar-refractivity contribution < 1.29 is 13.9 Å². The average molecular weight is 334 g/mol. The minimum atomic E-state index is -0.440. The fourth-order valence-corrected chi connectivity index (χ4v) is 2.99. The molecule has 1 heterocycles. The largest absolute Gasteiger partial charge is 0.367 e. The molecule has 1 amide bonds. The van der Waals surface area contributed by atoms with Gasteiger partial charge in [0.2, 0.25) is 0 Å². The molecule has 0 unspecified atom stereocenters. The number of carbonyl (C=O) groups excluding carboxylic acids is 1. The Bertz CT molecular complexity index is 761. The second-order valence-corrected chi connectivity index (χ2v) is 6.23. The van der Waals surface area contributed by atoms with Gasteiger partial charge in [-0.05, 0) is 49.2 Å². The number of hydrogen-bond donors (Lipinski definition) is 0. The van der Waals surface area contributed by atoms with Crippen LogP contribution in [-0.4, -0.2) is 18.6 Å². The zero-order valence-electron chi connectivity index (χ0n) is 13.0. The first kappa shape index (κ1) is 16.0. The second kappa shape index (κ2) is 6.30. The van der Waals surface area contributed by atoms with Crippen molar-refractivity contribution in [1.82, 2.24) is 0 Å². The van der Waals surface area contributed by atoms with Crippen molar-refractivity contribution in [2.24, 2.45) is 0 Å². The number of hydrogen-bond acceptors (Lipinski definition) is 2. The van der Waals surface area contributed by atoms with Crippen molar-refractivity contribution in [3.8, 4) is 11.1 Å². The number of ether oxygens (including phenoxy) is 1. The van der Waals surface area contributed by atoms with Crippen molar-refractivity contribution >= 4 is 23.2 Å². The molecule has 1 aliphatic heterocycles. The lowest BCUT2D eigenvalue weighted by Crippen LogP contribution is -2.38. The zero-order chi connectivity index (χ0) is 16.6. The number of anilines is 1. The van der Waals surface area contributed by atoms with Crippen LogP contribution in [0.4, 0.5) is 10.1 Å². The van der Waals surface area contributed by atoms with E-state index in [9.17, 15) is 9.18 Å².